The highest BCUT2D eigenvalue weighted by molar-refractivity contribution is 5.94. The number of carbonyl (C=O) groups excluding carboxylic acids is 1. The van der Waals surface area contributed by atoms with E-state index >= 15 is 0 Å². The van der Waals surface area contributed by atoms with Crippen molar-refractivity contribution in [3.05, 3.63) is 51.8 Å². The number of H-pyrrole nitrogens is 1. The second kappa shape index (κ2) is 7.58. The lowest BCUT2D eigenvalue weighted by Crippen LogP contribution is -2.30. The first kappa shape index (κ1) is 18.0. The maximum atomic E-state index is 12.6. The molecule has 2 aromatic rings. The SMILES string of the molecule is CC(NC(=O)c1n[nH]c2c1CNCC2)c1ccc2c(c1)CCCC2.Cl. The summed E-state index contributed by atoms with van der Waals surface area (Å²) in [6.07, 6.45) is 5.79. The Hall–Kier alpha value is -1.85. The van der Waals surface area contributed by atoms with Crippen LogP contribution in [0.3, 0.4) is 0 Å². The van der Waals surface area contributed by atoms with Gasteiger partial charge < -0.3 is 10.6 Å². The Morgan fingerprint density at radius 1 is 1.20 bits per heavy atom. The normalized spacial score (nSPS) is 17.0. The van der Waals surface area contributed by atoms with Crippen molar-refractivity contribution in [1.29, 1.82) is 0 Å². The molecule has 5 nitrogen and oxygen atoms in total. The molecule has 3 N–H and O–H groups in total. The number of fused-ring (bicyclic) bond motifs is 2. The summed E-state index contributed by atoms with van der Waals surface area (Å²) in [5.74, 6) is -0.0959. The topological polar surface area (TPSA) is 69.8 Å². The molecule has 0 saturated carbocycles. The molecule has 0 spiro atoms. The monoisotopic (exact) mass is 360 g/mol. The molecule has 1 aromatic heterocycles. The highest BCUT2D eigenvalue weighted by atomic mass is 35.5. The van der Waals surface area contributed by atoms with Crippen LogP contribution in [0.25, 0.3) is 0 Å². The van der Waals surface area contributed by atoms with Gasteiger partial charge in [-0.2, -0.15) is 5.10 Å². The number of aryl methyl sites for hydroxylation is 2. The van der Waals surface area contributed by atoms with E-state index in [9.17, 15) is 4.79 Å². The predicted octanol–water partition coefficient (Wildman–Crippen LogP) is 2.85. The Labute approximate surface area is 154 Å². The van der Waals surface area contributed by atoms with Crippen molar-refractivity contribution in [2.45, 2.75) is 51.6 Å². The third kappa shape index (κ3) is 3.58. The number of aromatic amines is 1. The van der Waals surface area contributed by atoms with E-state index in [0.29, 0.717) is 12.2 Å². The molecule has 25 heavy (non-hydrogen) atoms. The van der Waals surface area contributed by atoms with Crippen molar-refractivity contribution in [2.24, 2.45) is 0 Å². The fourth-order valence-electron chi connectivity index (χ4n) is 3.78. The van der Waals surface area contributed by atoms with Gasteiger partial charge in [-0.3, -0.25) is 9.89 Å². The van der Waals surface area contributed by atoms with Crippen LogP contribution in [0.4, 0.5) is 0 Å². The molecule has 0 bridgehead atoms. The van der Waals surface area contributed by atoms with Gasteiger partial charge >= 0.3 is 0 Å². The molecular weight excluding hydrogens is 336 g/mol. The number of benzene rings is 1. The molecule has 0 radical (unpaired) electrons. The highest BCUT2D eigenvalue weighted by Gasteiger charge is 2.23. The molecule has 1 aromatic carbocycles. The molecule has 2 aliphatic rings. The second-order valence-corrected chi connectivity index (χ2v) is 6.89. The summed E-state index contributed by atoms with van der Waals surface area (Å²) >= 11 is 0. The first-order valence-corrected chi connectivity index (χ1v) is 8.92. The van der Waals surface area contributed by atoms with Crippen molar-refractivity contribution < 1.29 is 4.79 Å². The van der Waals surface area contributed by atoms with Crippen LogP contribution in [0.1, 0.15) is 64.2 Å². The molecule has 1 atom stereocenters. The summed E-state index contributed by atoms with van der Waals surface area (Å²) in [6.45, 7) is 3.68. The smallest absolute Gasteiger partial charge is 0.272 e. The lowest BCUT2D eigenvalue weighted by Gasteiger charge is -2.20. The quantitative estimate of drug-likeness (QED) is 0.788. The number of aromatic nitrogens is 2. The van der Waals surface area contributed by atoms with Gasteiger partial charge in [0.05, 0.1) is 6.04 Å². The molecule has 1 aliphatic heterocycles. The third-order valence-electron chi connectivity index (χ3n) is 5.24. The van der Waals surface area contributed by atoms with Crippen molar-refractivity contribution in [2.75, 3.05) is 6.54 Å². The van der Waals surface area contributed by atoms with Gasteiger partial charge in [-0.05, 0) is 49.3 Å². The van der Waals surface area contributed by atoms with Crippen LogP contribution in [0, 0.1) is 0 Å². The van der Waals surface area contributed by atoms with E-state index in [1.54, 1.807) is 0 Å². The fraction of sp³-hybridized carbons (Fsp3) is 0.474. The molecule has 2 heterocycles. The summed E-state index contributed by atoms with van der Waals surface area (Å²) in [6, 6.07) is 6.62. The van der Waals surface area contributed by atoms with Gasteiger partial charge in [-0.15, -0.1) is 12.4 Å². The lowest BCUT2D eigenvalue weighted by molar-refractivity contribution is 0.0933. The second-order valence-electron chi connectivity index (χ2n) is 6.89. The minimum Gasteiger partial charge on any atom is -0.344 e. The Morgan fingerprint density at radius 3 is 2.84 bits per heavy atom. The molecule has 1 aliphatic carbocycles. The largest absolute Gasteiger partial charge is 0.344 e. The van der Waals surface area contributed by atoms with Crippen LogP contribution >= 0.6 is 12.4 Å². The zero-order valence-electron chi connectivity index (χ0n) is 14.5. The van der Waals surface area contributed by atoms with E-state index < -0.39 is 0 Å². The summed E-state index contributed by atoms with van der Waals surface area (Å²) in [5, 5.41) is 13.7. The Kier molecular flexibility index (Phi) is 5.45. The fourth-order valence-corrected chi connectivity index (χ4v) is 3.78. The van der Waals surface area contributed by atoms with Gasteiger partial charge in [-0.25, -0.2) is 0 Å². The van der Waals surface area contributed by atoms with Crippen LogP contribution < -0.4 is 10.6 Å². The Morgan fingerprint density at radius 2 is 2.00 bits per heavy atom. The molecular formula is C19H25ClN4O. The van der Waals surface area contributed by atoms with Crippen molar-refractivity contribution in [3.8, 4) is 0 Å². The molecule has 1 unspecified atom stereocenters. The van der Waals surface area contributed by atoms with Gasteiger partial charge in [0.2, 0.25) is 0 Å². The van der Waals surface area contributed by atoms with Crippen molar-refractivity contribution in [1.82, 2.24) is 20.8 Å². The lowest BCUT2D eigenvalue weighted by atomic mass is 9.89. The maximum Gasteiger partial charge on any atom is 0.272 e. The number of hydrogen-bond donors (Lipinski definition) is 3. The molecule has 1 amide bonds. The van der Waals surface area contributed by atoms with Crippen LogP contribution in [0.15, 0.2) is 18.2 Å². The number of nitrogens with one attached hydrogen (secondary N) is 3. The van der Waals surface area contributed by atoms with Gasteiger partial charge in [0.15, 0.2) is 5.69 Å². The zero-order chi connectivity index (χ0) is 16.5. The molecule has 6 heteroatoms. The van der Waals surface area contributed by atoms with E-state index in [2.05, 4.69) is 39.0 Å². The van der Waals surface area contributed by atoms with Gasteiger partial charge in [0.25, 0.3) is 5.91 Å². The van der Waals surface area contributed by atoms with E-state index in [1.807, 2.05) is 6.92 Å². The van der Waals surface area contributed by atoms with Gasteiger partial charge in [0.1, 0.15) is 0 Å². The Balaban J connectivity index is 0.00000182. The summed E-state index contributed by atoms with van der Waals surface area (Å²) in [7, 11) is 0. The number of halogens is 1. The Bertz CT molecular complexity index is 771. The average Bonchev–Trinajstić information content (AvgIpc) is 3.05. The van der Waals surface area contributed by atoms with E-state index in [1.165, 1.54) is 36.0 Å². The van der Waals surface area contributed by atoms with E-state index in [-0.39, 0.29) is 24.4 Å². The van der Waals surface area contributed by atoms with Crippen molar-refractivity contribution >= 4 is 18.3 Å². The van der Waals surface area contributed by atoms with Crippen LogP contribution in [0.2, 0.25) is 0 Å². The summed E-state index contributed by atoms with van der Waals surface area (Å²) in [5.41, 5.74) is 6.71. The van der Waals surface area contributed by atoms with Gasteiger partial charge in [-0.1, -0.05) is 18.2 Å². The van der Waals surface area contributed by atoms with Crippen LogP contribution in [-0.2, 0) is 25.8 Å². The average molecular weight is 361 g/mol. The molecule has 4 rings (SSSR count). The van der Waals surface area contributed by atoms with Crippen LogP contribution in [0.5, 0.6) is 0 Å². The minimum atomic E-state index is -0.0959. The van der Waals surface area contributed by atoms with Crippen LogP contribution in [-0.4, -0.2) is 22.6 Å². The van der Waals surface area contributed by atoms with E-state index in [0.717, 1.165) is 30.6 Å². The molecule has 0 saturated heterocycles. The molecule has 134 valence electrons. The first-order valence-electron chi connectivity index (χ1n) is 8.92. The predicted molar refractivity (Wildman–Crippen MR) is 100 cm³/mol. The minimum absolute atomic E-state index is 0. The number of amides is 1. The number of carbonyl (C=O) groups is 1. The highest BCUT2D eigenvalue weighted by Crippen LogP contribution is 2.25. The third-order valence-corrected chi connectivity index (χ3v) is 5.24. The van der Waals surface area contributed by atoms with Gasteiger partial charge in [0, 0.05) is 30.8 Å². The van der Waals surface area contributed by atoms with E-state index in [4.69, 9.17) is 0 Å². The van der Waals surface area contributed by atoms with Crippen molar-refractivity contribution in [3.63, 3.8) is 0 Å². The number of hydrogen-bond acceptors (Lipinski definition) is 3. The number of rotatable bonds is 3. The first-order chi connectivity index (χ1) is 11.7. The number of nitrogens with zero attached hydrogens (tertiary/aromatic N) is 1. The summed E-state index contributed by atoms with van der Waals surface area (Å²) < 4.78 is 0. The standard InChI is InChI=1S/C19H24N4O.ClH/c1-12(14-7-6-13-4-2-3-5-15(13)10-14)21-19(24)18-16-11-20-9-8-17(16)22-23-18;/h6-7,10,12,20H,2-5,8-9,11H2,1H3,(H,21,24)(H,22,23);1H. The maximum absolute atomic E-state index is 12.6. The molecule has 0 fully saturated rings. The summed E-state index contributed by atoms with van der Waals surface area (Å²) in [4.78, 5) is 12.6. The zero-order valence-corrected chi connectivity index (χ0v) is 15.3.